The summed E-state index contributed by atoms with van der Waals surface area (Å²) in [5, 5.41) is 21.1. The van der Waals surface area contributed by atoms with Crippen molar-refractivity contribution in [1.29, 1.82) is 0 Å². The molecule has 1 aromatic rings. The van der Waals surface area contributed by atoms with E-state index in [1.165, 1.54) is 78.1 Å². The van der Waals surface area contributed by atoms with E-state index >= 15 is 0 Å². The van der Waals surface area contributed by atoms with Crippen LogP contribution < -0.4 is 32.7 Å². The van der Waals surface area contributed by atoms with Gasteiger partial charge in [-0.2, -0.15) is 0 Å². The highest BCUT2D eigenvalue weighted by Gasteiger charge is 2.33. The van der Waals surface area contributed by atoms with Crippen molar-refractivity contribution in [2.45, 2.75) is 206 Å². The first-order valence-corrected chi connectivity index (χ1v) is 24.6. The van der Waals surface area contributed by atoms with E-state index in [9.17, 15) is 38.7 Å². The first kappa shape index (κ1) is 58.0. The van der Waals surface area contributed by atoms with E-state index in [0.717, 1.165) is 24.8 Å². The largest absolute Gasteiger partial charge is 0.391 e. The SMILES string of the molecule is CCCCCCCCCCCCCCCC(=O)NCC(=O)N[C@@H](C)C(=O)C[C@@H](CCCCN)C(=O)N[C@@H](Cc1ccccc1)C(=O)C[C@@H](CCCCN)C(=O)N[C@H](C(=O)CC)[C@@H](C)O. The number of amides is 4. The van der Waals surface area contributed by atoms with Gasteiger partial charge < -0.3 is 37.8 Å². The van der Waals surface area contributed by atoms with Crippen LogP contribution in [0.4, 0.5) is 0 Å². The van der Waals surface area contributed by atoms with Crippen LogP contribution in [0.5, 0.6) is 0 Å². The third kappa shape index (κ3) is 26.7. The zero-order valence-corrected chi connectivity index (χ0v) is 39.9. The van der Waals surface area contributed by atoms with Gasteiger partial charge in [0.25, 0.3) is 0 Å². The number of aliphatic hydroxyl groups excluding tert-OH is 1. The van der Waals surface area contributed by atoms with Gasteiger partial charge in [-0.25, -0.2) is 0 Å². The van der Waals surface area contributed by atoms with Crippen LogP contribution in [0.15, 0.2) is 30.3 Å². The fourth-order valence-electron chi connectivity index (χ4n) is 7.82. The lowest BCUT2D eigenvalue weighted by Crippen LogP contribution is -2.51. The number of nitrogens with two attached hydrogens (primary N) is 2. The third-order valence-corrected chi connectivity index (χ3v) is 11.9. The molecule has 0 fully saturated rings. The van der Waals surface area contributed by atoms with Gasteiger partial charge >= 0.3 is 0 Å². The molecule has 4 amide bonds. The minimum atomic E-state index is -1.14. The Kier molecular flexibility index (Phi) is 32.8. The van der Waals surface area contributed by atoms with Crippen molar-refractivity contribution in [3.8, 4) is 0 Å². The Balaban J connectivity index is 2.87. The van der Waals surface area contributed by atoms with Crippen LogP contribution in [0.2, 0.25) is 0 Å². The summed E-state index contributed by atoms with van der Waals surface area (Å²) in [4.78, 5) is 93.0. The topological polar surface area (TPSA) is 240 Å². The zero-order chi connectivity index (χ0) is 47.5. The normalized spacial score (nSPS) is 14.0. The molecule has 0 saturated carbocycles. The van der Waals surface area contributed by atoms with Gasteiger partial charge in [0, 0.05) is 37.5 Å². The second kappa shape index (κ2) is 36.2. The molecule has 0 heterocycles. The molecule has 364 valence electrons. The van der Waals surface area contributed by atoms with Crippen LogP contribution in [0.3, 0.4) is 0 Å². The molecule has 0 spiro atoms. The van der Waals surface area contributed by atoms with E-state index in [1.54, 1.807) is 6.92 Å². The van der Waals surface area contributed by atoms with Crippen molar-refractivity contribution in [1.82, 2.24) is 21.3 Å². The number of ketones is 3. The van der Waals surface area contributed by atoms with Gasteiger partial charge in [-0.15, -0.1) is 0 Å². The van der Waals surface area contributed by atoms with Gasteiger partial charge in [0.2, 0.25) is 23.6 Å². The fourth-order valence-corrected chi connectivity index (χ4v) is 7.82. The molecule has 1 aromatic carbocycles. The van der Waals surface area contributed by atoms with E-state index < -0.39 is 59.6 Å². The third-order valence-electron chi connectivity index (χ3n) is 11.9. The monoisotopic (exact) mass is 899 g/mol. The van der Waals surface area contributed by atoms with Crippen molar-refractivity contribution < 1.29 is 38.7 Å². The highest BCUT2D eigenvalue weighted by molar-refractivity contribution is 5.96. The predicted molar refractivity (Wildman–Crippen MR) is 254 cm³/mol. The van der Waals surface area contributed by atoms with Crippen LogP contribution in [0.25, 0.3) is 0 Å². The van der Waals surface area contributed by atoms with Crippen molar-refractivity contribution in [2.24, 2.45) is 23.3 Å². The standard InChI is InChI=1S/C50H86N6O8/c1-5-7-8-9-10-11-12-13-14-15-16-17-21-30-46(61)53-36-47(62)54-37(3)44(59)34-40(28-22-24-31-51)49(63)55-42(33-39-26-19-18-20-27-39)45(60)35-41(29-23-25-32-52)50(64)56-48(38(4)57)43(58)6-2/h18-20,26-27,37-38,40-42,48,57H,5-17,21-25,28-36,51-52H2,1-4H3,(H,53,61)(H,54,62)(H,55,63)(H,56,64)/t37-,38+,40+,41+,42-,48-/m0/s1. The molecule has 14 heteroatoms. The number of hydrogen-bond donors (Lipinski definition) is 7. The summed E-state index contributed by atoms with van der Waals surface area (Å²) in [5.74, 6) is -4.58. The van der Waals surface area contributed by atoms with Crippen molar-refractivity contribution in [3.05, 3.63) is 35.9 Å². The molecule has 9 N–H and O–H groups in total. The lowest BCUT2D eigenvalue weighted by molar-refractivity contribution is -0.136. The minimum Gasteiger partial charge on any atom is -0.391 e. The van der Waals surface area contributed by atoms with Gasteiger partial charge in [-0.3, -0.25) is 33.6 Å². The molecule has 0 aliphatic carbocycles. The molecule has 0 aromatic heterocycles. The lowest BCUT2D eigenvalue weighted by atomic mass is 9.89. The highest BCUT2D eigenvalue weighted by atomic mass is 16.3. The molecule has 64 heavy (non-hydrogen) atoms. The summed E-state index contributed by atoms with van der Waals surface area (Å²) in [6.45, 7) is 7.35. The Morgan fingerprint density at radius 2 is 1.08 bits per heavy atom. The lowest BCUT2D eigenvalue weighted by Gasteiger charge is -2.26. The van der Waals surface area contributed by atoms with E-state index in [1.807, 2.05) is 30.3 Å². The molecular formula is C50H86N6O8. The number of unbranched alkanes of at least 4 members (excludes halogenated alkanes) is 14. The number of Topliss-reactive ketones (excluding diaryl/α,β-unsaturated/α-hetero) is 3. The molecule has 0 bridgehead atoms. The van der Waals surface area contributed by atoms with Crippen molar-refractivity contribution in [2.75, 3.05) is 19.6 Å². The summed E-state index contributed by atoms with van der Waals surface area (Å²) < 4.78 is 0. The predicted octanol–water partition coefficient (Wildman–Crippen LogP) is 6.07. The van der Waals surface area contributed by atoms with E-state index in [0.29, 0.717) is 58.0 Å². The van der Waals surface area contributed by atoms with E-state index in [-0.39, 0.29) is 49.7 Å². The Morgan fingerprint density at radius 1 is 0.578 bits per heavy atom. The van der Waals surface area contributed by atoms with Gasteiger partial charge in [0.15, 0.2) is 17.3 Å². The first-order chi connectivity index (χ1) is 30.8. The molecule has 0 aliphatic heterocycles. The number of aliphatic hydroxyl groups is 1. The van der Waals surface area contributed by atoms with Crippen LogP contribution in [-0.2, 0) is 40.0 Å². The number of carbonyl (C=O) groups excluding carboxylic acids is 7. The molecule has 0 unspecified atom stereocenters. The number of nitrogens with one attached hydrogen (secondary N) is 4. The van der Waals surface area contributed by atoms with Gasteiger partial charge in [0.1, 0.15) is 6.04 Å². The maximum atomic E-state index is 14.2. The molecule has 14 nitrogen and oxygen atoms in total. The summed E-state index contributed by atoms with van der Waals surface area (Å²) in [7, 11) is 0. The maximum Gasteiger partial charge on any atom is 0.239 e. The summed E-state index contributed by atoms with van der Waals surface area (Å²) in [5.41, 5.74) is 12.2. The molecule has 1 rings (SSSR count). The van der Waals surface area contributed by atoms with E-state index in [4.69, 9.17) is 11.5 Å². The summed E-state index contributed by atoms with van der Waals surface area (Å²) in [6, 6.07) is 6.03. The molecule has 0 saturated heterocycles. The van der Waals surface area contributed by atoms with Crippen LogP contribution in [-0.4, -0.2) is 89.9 Å². The number of hydrogen-bond acceptors (Lipinski definition) is 10. The second-order valence-corrected chi connectivity index (χ2v) is 17.7. The molecule has 0 aliphatic rings. The molecular weight excluding hydrogens is 813 g/mol. The van der Waals surface area contributed by atoms with Gasteiger partial charge in [-0.1, -0.05) is 134 Å². The second-order valence-electron chi connectivity index (χ2n) is 17.7. The Labute approximate surface area is 384 Å². The fraction of sp³-hybridized carbons (Fsp3) is 0.740. The Bertz CT molecular complexity index is 1490. The van der Waals surface area contributed by atoms with Crippen LogP contribution in [0.1, 0.15) is 181 Å². The maximum absolute atomic E-state index is 14.2. The molecule has 0 radical (unpaired) electrons. The number of carbonyl (C=O) groups is 7. The summed E-state index contributed by atoms with van der Waals surface area (Å²) >= 11 is 0. The number of benzene rings is 1. The van der Waals surface area contributed by atoms with E-state index in [2.05, 4.69) is 28.2 Å². The van der Waals surface area contributed by atoms with Gasteiger partial charge in [0.05, 0.1) is 24.7 Å². The average molecular weight is 899 g/mol. The molecule has 6 atom stereocenters. The Hall–Kier alpha value is -4.01. The number of rotatable bonds is 40. The minimum absolute atomic E-state index is 0.107. The quantitative estimate of drug-likeness (QED) is 0.0375. The smallest absolute Gasteiger partial charge is 0.239 e. The van der Waals surface area contributed by atoms with Crippen molar-refractivity contribution >= 4 is 41.0 Å². The zero-order valence-electron chi connectivity index (χ0n) is 39.9. The first-order valence-electron chi connectivity index (χ1n) is 24.6. The van der Waals surface area contributed by atoms with Gasteiger partial charge in [-0.05, 0) is 71.0 Å². The van der Waals surface area contributed by atoms with Crippen LogP contribution in [0, 0.1) is 11.8 Å². The average Bonchev–Trinajstić information content (AvgIpc) is 3.27. The Morgan fingerprint density at radius 3 is 1.58 bits per heavy atom. The van der Waals surface area contributed by atoms with Crippen molar-refractivity contribution in [3.63, 3.8) is 0 Å². The summed E-state index contributed by atoms with van der Waals surface area (Å²) in [6.07, 6.45) is 17.6. The van der Waals surface area contributed by atoms with Crippen LogP contribution >= 0.6 is 0 Å². The highest BCUT2D eigenvalue weighted by Crippen LogP contribution is 2.20.